The number of ether oxygens (including phenoxy) is 1. The second-order valence-electron chi connectivity index (χ2n) is 5.22. The summed E-state index contributed by atoms with van der Waals surface area (Å²) in [5.74, 6) is 0.596. The van der Waals surface area contributed by atoms with E-state index in [1.807, 2.05) is 0 Å². The maximum atomic E-state index is 12.1. The Balaban J connectivity index is 1.89. The van der Waals surface area contributed by atoms with Crippen LogP contribution >= 0.6 is 0 Å². The molecule has 0 unspecified atom stereocenters. The lowest BCUT2D eigenvalue weighted by atomic mass is 10.1. The predicted molar refractivity (Wildman–Crippen MR) is 79.8 cm³/mol. The van der Waals surface area contributed by atoms with Crippen LogP contribution in [0.4, 0.5) is 0 Å². The first-order valence-electron chi connectivity index (χ1n) is 7.23. The van der Waals surface area contributed by atoms with E-state index in [9.17, 15) is 13.2 Å². The lowest BCUT2D eigenvalue weighted by Gasteiger charge is -2.08. The lowest BCUT2D eigenvalue weighted by molar-refractivity contribution is 0.0988. The number of hydrogen-bond acceptors (Lipinski definition) is 4. The topological polar surface area (TPSA) is 72.5 Å². The molecule has 0 amide bonds. The summed E-state index contributed by atoms with van der Waals surface area (Å²) in [5, 5.41) is 0. The quantitative estimate of drug-likeness (QED) is 0.559. The largest absolute Gasteiger partial charge is 0.380 e. The Kier molecular flexibility index (Phi) is 5.50. The molecule has 1 N–H and O–H groups in total. The zero-order valence-corrected chi connectivity index (χ0v) is 13.0. The standard InChI is InChI=1S/C15H21NO4S/c1-2-15(17)13-4-3-5-14(10-13)21(18,19)16-8-9-20-11-12-6-7-12/h3-5,10,12,16H,2,6-9,11H2,1H3. The predicted octanol–water partition coefficient (Wildman–Crippen LogP) is 1.98. The molecule has 0 atom stereocenters. The highest BCUT2D eigenvalue weighted by Gasteiger charge is 2.21. The van der Waals surface area contributed by atoms with Gasteiger partial charge in [0.15, 0.2) is 5.78 Å². The van der Waals surface area contributed by atoms with Gasteiger partial charge in [-0.05, 0) is 30.9 Å². The molecule has 2 rings (SSSR count). The summed E-state index contributed by atoms with van der Waals surface area (Å²) in [6.07, 6.45) is 2.78. The summed E-state index contributed by atoms with van der Waals surface area (Å²) < 4.78 is 32.1. The molecule has 1 aliphatic rings. The molecular weight excluding hydrogens is 290 g/mol. The molecule has 1 aliphatic carbocycles. The van der Waals surface area contributed by atoms with Gasteiger partial charge in [0.2, 0.25) is 10.0 Å². The van der Waals surface area contributed by atoms with Gasteiger partial charge < -0.3 is 4.74 Å². The van der Waals surface area contributed by atoms with E-state index >= 15 is 0 Å². The van der Waals surface area contributed by atoms with Crippen LogP contribution in [0.3, 0.4) is 0 Å². The minimum atomic E-state index is -3.59. The van der Waals surface area contributed by atoms with Gasteiger partial charge in [-0.15, -0.1) is 0 Å². The minimum absolute atomic E-state index is 0.0696. The van der Waals surface area contributed by atoms with Gasteiger partial charge in [-0.1, -0.05) is 19.1 Å². The molecule has 0 saturated heterocycles. The summed E-state index contributed by atoms with van der Waals surface area (Å²) in [6, 6.07) is 6.11. The fraction of sp³-hybridized carbons (Fsp3) is 0.533. The van der Waals surface area contributed by atoms with E-state index in [-0.39, 0.29) is 17.2 Å². The summed E-state index contributed by atoms with van der Waals surface area (Å²) in [5.41, 5.74) is 0.422. The van der Waals surface area contributed by atoms with Gasteiger partial charge in [-0.2, -0.15) is 0 Å². The molecule has 0 heterocycles. The van der Waals surface area contributed by atoms with Crippen molar-refractivity contribution in [3.05, 3.63) is 29.8 Å². The maximum Gasteiger partial charge on any atom is 0.240 e. The van der Waals surface area contributed by atoms with Crippen molar-refractivity contribution in [2.45, 2.75) is 31.1 Å². The Labute approximate surface area is 125 Å². The number of rotatable bonds is 9. The van der Waals surface area contributed by atoms with Crippen LogP contribution in [0.5, 0.6) is 0 Å². The van der Waals surface area contributed by atoms with Crippen LogP contribution in [-0.4, -0.2) is 34.0 Å². The molecule has 116 valence electrons. The SMILES string of the molecule is CCC(=O)c1cccc(S(=O)(=O)NCCOCC2CC2)c1. The van der Waals surface area contributed by atoms with Gasteiger partial charge in [0, 0.05) is 25.1 Å². The zero-order valence-electron chi connectivity index (χ0n) is 12.2. The molecule has 1 aromatic carbocycles. The fourth-order valence-corrected chi connectivity index (χ4v) is 2.97. The third kappa shape index (κ3) is 4.91. The van der Waals surface area contributed by atoms with E-state index in [2.05, 4.69) is 4.72 Å². The van der Waals surface area contributed by atoms with Crippen molar-refractivity contribution in [1.29, 1.82) is 0 Å². The molecule has 0 bridgehead atoms. The van der Waals surface area contributed by atoms with Gasteiger partial charge in [0.25, 0.3) is 0 Å². The number of benzene rings is 1. The first-order chi connectivity index (χ1) is 10.0. The molecule has 0 aromatic heterocycles. The third-order valence-electron chi connectivity index (χ3n) is 3.38. The summed E-state index contributed by atoms with van der Waals surface area (Å²) >= 11 is 0. The first kappa shape index (κ1) is 16.1. The van der Waals surface area contributed by atoms with E-state index in [0.717, 1.165) is 0 Å². The van der Waals surface area contributed by atoms with Crippen molar-refractivity contribution in [2.24, 2.45) is 5.92 Å². The second kappa shape index (κ2) is 7.15. The molecule has 1 fully saturated rings. The Morgan fingerprint density at radius 3 is 2.81 bits per heavy atom. The smallest absolute Gasteiger partial charge is 0.240 e. The zero-order chi connectivity index (χ0) is 15.3. The van der Waals surface area contributed by atoms with Crippen LogP contribution < -0.4 is 4.72 Å². The van der Waals surface area contributed by atoms with Crippen LogP contribution in [0.2, 0.25) is 0 Å². The number of nitrogens with one attached hydrogen (secondary N) is 1. The van der Waals surface area contributed by atoms with Gasteiger partial charge >= 0.3 is 0 Å². The number of ketones is 1. The summed E-state index contributed by atoms with van der Waals surface area (Å²) in [6.45, 7) is 3.06. The molecule has 1 aromatic rings. The monoisotopic (exact) mass is 311 g/mol. The molecule has 0 radical (unpaired) electrons. The molecule has 21 heavy (non-hydrogen) atoms. The normalized spacial score (nSPS) is 15.1. The average molecular weight is 311 g/mol. The molecule has 0 spiro atoms. The highest BCUT2D eigenvalue weighted by molar-refractivity contribution is 7.89. The van der Waals surface area contributed by atoms with Crippen molar-refractivity contribution in [3.8, 4) is 0 Å². The minimum Gasteiger partial charge on any atom is -0.380 e. The van der Waals surface area contributed by atoms with Crippen molar-refractivity contribution in [2.75, 3.05) is 19.8 Å². The van der Waals surface area contributed by atoms with E-state index in [1.165, 1.54) is 25.0 Å². The number of carbonyl (C=O) groups is 1. The lowest BCUT2D eigenvalue weighted by Crippen LogP contribution is -2.27. The Bertz CT molecular complexity index is 593. The number of Topliss-reactive ketones (excluding diaryl/α,β-unsaturated/α-hetero) is 1. The average Bonchev–Trinajstić information content (AvgIpc) is 3.30. The highest BCUT2D eigenvalue weighted by atomic mass is 32.2. The van der Waals surface area contributed by atoms with Crippen molar-refractivity contribution in [3.63, 3.8) is 0 Å². The van der Waals surface area contributed by atoms with E-state index in [1.54, 1.807) is 19.1 Å². The Morgan fingerprint density at radius 1 is 1.38 bits per heavy atom. The first-order valence-corrected chi connectivity index (χ1v) is 8.72. The second-order valence-corrected chi connectivity index (χ2v) is 6.99. The summed E-state index contributed by atoms with van der Waals surface area (Å²) in [7, 11) is -3.59. The van der Waals surface area contributed by atoms with Gasteiger partial charge in [-0.25, -0.2) is 13.1 Å². The van der Waals surface area contributed by atoms with Crippen LogP contribution in [-0.2, 0) is 14.8 Å². The molecular formula is C15H21NO4S. The maximum absolute atomic E-state index is 12.1. The van der Waals surface area contributed by atoms with Gasteiger partial charge in [-0.3, -0.25) is 4.79 Å². The molecule has 1 saturated carbocycles. The number of carbonyl (C=O) groups excluding carboxylic acids is 1. The van der Waals surface area contributed by atoms with Crippen molar-refractivity contribution < 1.29 is 17.9 Å². The van der Waals surface area contributed by atoms with Gasteiger partial charge in [0.05, 0.1) is 11.5 Å². The number of sulfonamides is 1. The van der Waals surface area contributed by atoms with Crippen molar-refractivity contribution >= 4 is 15.8 Å². The van der Waals surface area contributed by atoms with Crippen LogP contribution in [0.25, 0.3) is 0 Å². The molecule has 0 aliphatic heterocycles. The third-order valence-corrected chi connectivity index (χ3v) is 4.84. The molecule has 6 heteroatoms. The Morgan fingerprint density at radius 2 is 2.14 bits per heavy atom. The van der Waals surface area contributed by atoms with Crippen LogP contribution in [0, 0.1) is 5.92 Å². The van der Waals surface area contributed by atoms with E-state index < -0.39 is 10.0 Å². The fourth-order valence-electron chi connectivity index (χ4n) is 1.91. The highest BCUT2D eigenvalue weighted by Crippen LogP contribution is 2.28. The van der Waals surface area contributed by atoms with Crippen LogP contribution in [0.15, 0.2) is 29.2 Å². The van der Waals surface area contributed by atoms with E-state index in [0.29, 0.717) is 31.1 Å². The van der Waals surface area contributed by atoms with E-state index in [4.69, 9.17) is 4.74 Å². The Hall–Kier alpha value is -1.24. The summed E-state index contributed by atoms with van der Waals surface area (Å²) in [4.78, 5) is 11.7. The van der Waals surface area contributed by atoms with Gasteiger partial charge in [0.1, 0.15) is 0 Å². The van der Waals surface area contributed by atoms with Crippen molar-refractivity contribution in [1.82, 2.24) is 4.72 Å². The number of hydrogen-bond donors (Lipinski definition) is 1. The molecule has 5 nitrogen and oxygen atoms in total. The van der Waals surface area contributed by atoms with Crippen LogP contribution in [0.1, 0.15) is 36.5 Å².